The third-order valence-corrected chi connectivity index (χ3v) is 3.56. The van der Waals surface area contributed by atoms with E-state index in [1.807, 2.05) is 0 Å². The number of unbranched alkanes of at least 4 members (excludes halogenated alkanes) is 5. The fourth-order valence-corrected chi connectivity index (χ4v) is 2.02. The first-order valence-corrected chi connectivity index (χ1v) is 8.80. The van der Waals surface area contributed by atoms with Gasteiger partial charge in [0.1, 0.15) is 19.7 Å². The van der Waals surface area contributed by atoms with E-state index in [4.69, 9.17) is 9.47 Å². The molecule has 0 aliphatic carbocycles. The van der Waals surface area contributed by atoms with E-state index >= 15 is 0 Å². The van der Waals surface area contributed by atoms with E-state index < -0.39 is 12.1 Å². The summed E-state index contributed by atoms with van der Waals surface area (Å²) in [6, 6.07) is 0. The maximum Gasteiger partial charge on any atom is 0.410 e. The fourth-order valence-electron chi connectivity index (χ4n) is 2.02. The summed E-state index contributed by atoms with van der Waals surface area (Å²) in [4.78, 5) is 37.6. The van der Waals surface area contributed by atoms with Crippen molar-refractivity contribution in [1.29, 1.82) is 0 Å². The molecule has 0 aliphatic heterocycles. The van der Waals surface area contributed by atoms with Crippen molar-refractivity contribution in [3.8, 4) is 0 Å². The average molecular weight is 356 g/mol. The van der Waals surface area contributed by atoms with Crippen LogP contribution in [0.5, 0.6) is 0 Å². The molecule has 0 bridgehead atoms. The van der Waals surface area contributed by atoms with Crippen LogP contribution in [0.25, 0.3) is 0 Å². The van der Waals surface area contributed by atoms with Gasteiger partial charge in [-0.25, -0.2) is 4.79 Å². The Kier molecular flexibility index (Phi) is 13.1. The second kappa shape index (κ2) is 14.3. The van der Waals surface area contributed by atoms with Gasteiger partial charge in [-0.2, -0.15) is 0 Å². The van der Waals surface area contributed by atoms with Gasteiger partial charge in [-0.3, -0.25) is 9.59 Å². The number of nitrogens with zero attached hydrogens (tertiary/aromatic N) is 2. The first-order valence-electron chi connectivity index (χ1n) is 8.80. The van der Waals surface area contributed by atoms with Crippen molar-refractivity contribution < 1.29 is 23.9 Å². The highest BCUT2D eigenvalue weighted by molar-refractivity contribution is 5.85. The van der Waals surface area contributed by atoms with Crippen LogP contribution >= 0.6 is 0 Å². The molecular weight excluding hydrogens is 324 g/mol. The van der Waals surface area contributed by atoms with E-state index in [2.05, 4.69) is 13.5 Å². The molecule has 0 aliphatic rings. The molecule has 2 amide bonds. The number of likely N-dealkylation sites (N-methyl/N-ethyl adjacent to an activating group) is 2. The Bertz CT molecular complexity index is 426. The Morgan fingerprint density at radius 2 is 1.56 bits per heavy atom. The number of rotatable bonds is 13. The first kappa shape index (κ1) is 22.9. The lowest BCUT2D eigenvalue weighted by molar-refractivity contribution is -0.148. The van der Waals surface area contributed by atoms with Crippen LogP contribution in [0.1, 0.15) is 45.4 Å². The molecular formula is C18H32N2O5. The summed E-state index contributed by atoms with van der Waals surface area (Å²) in [5, 5.41) is 0. The summed E-state index contributed by atoms with van der Waals surface area (Å²) in [7, 11) is 2.95. The molecule has 0 unspecified atom stereocenters. The summed E-state index contributed by atoms with van der Waals surface area (Å²) in [5.74, 6) is -0.809. The van der Waals surface area contributed by atoms with Crippen LogP contribution in [-0.4, -0.2) is 68.2 Å². The monoisotopic (exact) mass is 356 g/mol. The zero-order valence-corrected chi connectivity index (χ0v) is 15.8. The molecule has 7 heteroatoms. The Balaban J connectivity index is 3.92. The second-order valence-corrected chi connectivity index (χ2v) is 5.96. The lowest BCUT2D eigenvalue weighted by Gasteiger charge is -2.21. The van der Waals surface area contributed by atoms with Crippen LogP contribution in [0.2, 0.25) is 0 Å². The van der Waals surface area contributed by atoms with Gasteiger partial charge in [-0.05, 0) is 6.42 Å². The third kappa shape index (κ3) is 12.0. The molecule has 0 spiro atoms. The number of hydrogen-bond acceptors (Lipinski definition) is 5. The van der Waals surface area contributed by atoms with Gasteiger partial charge in [-0.15, -0.1) is 0 Å². The van der Waals surface area contributed by atoms with Gasteiger partial charge in [0, 0.05) is 14.1 Å². The van der Waals surface area contributed by atoms with Crippen molar-refractivity contribution in [3.05, 3.63) is 12.7 Å². The van der Waals surface area contributed by atoms with E-state index in [1.165, 1.54) is 44.3 Å². The van der Waals surface area contributed by atoms with Gasteiger partial charge in [0.25, 0.3) is 0 Å². The van der Waals surface area contributed by atoms with E-state index in [9.17, 15) is 14.4 Å². The largest absolute Gasteiger partial charge is 0.464 e. The average Bonchev–Trinajstić information content (AvgIpc) is 2.58. The number of ether oxygens (including phenoxy) is 2. The van der Waals surface area contributed by atoms with Crippen LogP contribution in [0, 0.1) is 0 Å². The molecule has 0 heterocycles. The van der Waals surface area contributed by atoms with Gasteiger partial charge < -0.3 is 19.3 Å². The fraction of sp³-hybridized carbons (Fsp3) is 0.722. The number of carbonyl (C=O) groups is 3. The Labute approximate surface area is 150 Å². The molecule has 0 rings (SSSR count). The van der Waals surface area contributed by atoms with E-state index in [0.29, 0.717) is 6.61 Å². The summed E-state index contributed by atoms with van der Waals surface area (Å²) in [6.07, 6.45) is 7.51. The van der Waals surface area contributed by atoms with Crippen LogP contribution in [0.3, 0.4) is 0 Å². The predicted octanol–water partition coefficient (Wildman–Crippen LogP) is 2.60. The predicted molar refractivity (Wildman–Crippen MR) is 96.1 cm³/mol. The van der Waals surface area contributed by atoms with Gasteiger partial charge in [0.15, 0.2) is 0 Å². The topological polar surface area (TPSA) is 76.2 Å². The minimum atomic E-state index is -0.618. The highest BCUT2D eigenvalue weighted by atomic mass is 16.6. The van der Waals surface area contributed by atoms with Gasteiger partial charge >= 0.3 is 12.1 Å². The van der Waals surface area contributed by atoms with Crippen molar-refractivity contribution >= 4 is 18.0 Å². The van der Waals surface area contributed by atoms with Gasteiger partial charge in [0.2, 0.25) is 5.91 Å². The van der Waals surface area contributed by atoms with Gasteiger partial charge in [0.05, 0.1) is 6.61 Å². The van der Waals surface area contributed by atoms with Crippen molar-refractivity contribution in [1.82, 2.24) is 9.80 Å². The smallest absolute Gasteiger partial charge is 0.410 e. The number of carbonyl (C=O) groups excluding carboxylic acids is 3. The molecule has 25 heavy (non-hydrogen) atoms. The lowest BCUT2D eigenvalue weighted by atomic mass is 10.1. The zero-order valence-electron chi connectivity index (χ0n) is 15.8. The van der Waals surface area contributed by atoms with Gasteiger partial charge in [-0.1, -0.05) is 51.7 Å². The first-order chi connectivity index (χ1) is 11.9. The maximum atomic E-state index is 12.0. The SMILES string of the molecule is C=CCOC(=O)N(C)CC(=O)N(C)CC(=O)OCCCCCCCC. The summed E-state index contributed by atoms with van der Waals surface area (Å²) in [5.41, 5.74) is 0. The molecule has 0 fully saturated rings. The molecule has 0 aromatic heterocycles. The van der Waals surface area contributed by atoms with E-state index in [1.54, 1.807) is 0 Å². The molecule has 0 N–H and O–H groups in total. The molecule has 0 radical (unpaired) electrons. The minimum absolute atomic E-state index is 0.0813. The quantitative estimate of drug-likeness (QED) is 0.288. The van der Waals surface area contributed by atoms with Crippen LogP contribution in [0.15, 0.2) is 12.7 Å². The summed E-state index contributed by atoms with van der Waals surface area (Å²) < 4.78 is 9.95. The molecule has 0 atom stereocenters. The van der Waals surface area contributed by atoms with E-state index in [0.717, 1.165) is 24.2 Å². The Hall–Kier alpha value is -2.05. The normalized spacial score (nSPS) is 10.0. The van der Waals surface area contributed by atoms with Crippen LogP contribution in [-0.2, 0) is 19.1 Å². The molecule has 144 valence electrons. The molecule has 0 saturated heterocycles. The third-order valence-electron chi connectivity index (χ3n) is 3.56. The van der Waals surface area contributed by atoms with Crippen LogP contribution in [0.4, 0.5) is 4.79 Å². The van der Waals surface area contributed by atoms with Crippen molar-refractivity contribution in [2.75, 3.05) is 40.4 Å². The zero-order chi connectivity index (χ0) is 19.1. The standard InChI is InChI=1S/C18H32N2O5/c1-5-7-8-9-10-11-13-24-17(22)15-19(3)16(21)14-20(4)18(23)25-12-6-2/h6H,2,5,7-15H2,1,3-4H3. The number of amides is 2. The number of hydrogen-bond donors (Lipinski definition) is 0. The molecule has 0 aromatic carbocycles. The minimum Gasteiger partial charge on any atom is -0.464 e. The summed E-state index contributed by atoms with van der Waals surface area (Å²) in [6.45, 7) is 5.76. The molecule has 0 aromatic rings. The summed E-state index contributed by atoms with van der Waals surface area (Å²) >= 11 is 0. The lowest BCUT2D eigenvalue weighted by Crippen LogP contribution is -2.41. The highest BCUT2D eigenvalue weighted by Gasteiger charge is 2.18. The molecule has 0 saturated carbocycles. The Morgan fingerprint density at radius 3 is 2.20 bits per heavy atom. The number of esters is 1. The van der Waals surface area contributed by atoms with Crippen molar-refractivity contribution in [3.63, 3.8) is 0 Å². The van der Waals surface area contributed by atoms with Crippen molar-refractivity contribution in [2.45, 2.75) is 45.4 Å². The van der Waals surface area contributed by atoms with Crippen molar-refractivity contribution in [2.24, 2.45) is 0 Å². The van der Waals surface area contributed by atoms with Crippen LogP contribution < -0.4 is 0 Å². The maximum absolute atomic E-state index is 12.0. The highest BCUT2D eigenvalue weighted by Crippen LogP contribution is 2.05. The molecule has 7 nitrogen and oxygen atoms in total. The Morgan fingerprint density at radius 1 is 0.920 bits per heavy atom. The second-order valence-electron chi connectivity index (χ2n) is 5.96. The van der Waals surface area contributed by atoms with E-state index in [-0.39, 0.29) is 25.6 Å².